The number of benzene rings is 19. The van der Waals surface area contributed by atoms with Crippen molar-refractivity contribution in [3.05, 3.63) is 431 Å². The largest absolute Gasteiger partial charge is 0.356 e. The van der Waals surface area contributed by atoms with Crippen LogP contribution >= 0.6 is 0 Å². The molecule has 21 rings (SSSR count). The lowest BCUT2D eigenvalue weighted by Crippen LogP contribution is -2.09. The molecule has 0 aliphatic rings. The topological polar surface area (TPSA) is 25.1 Å². The van der Waals surface area contributed by atoms with Crippen LogP contribution in [0, 0.1) is 0 Å². The van der Waals surface area contributed by atoms with Crippen molar-refractivity contribution >= 4 is 115 Å². The Morgan fingerprint density at radius 1 is 0.182 bits per heavy atom. The van der Waals surface area contributed by atoms with Crippen molar-refractivity contribution in [3.8, 4) is 78.1 Å². The van der Waals surface area contributed by atoms with Gasteiger partial charge in [0.05, 0.1) is 22.1 Å². The van der Waals surface area contributed by atoms with Gasteiger partial charge in [-0.2, -0.15) is 0 Å². The summed E-state index contributed by atoms with van der Waals surface area (Å²) in [5.41, 5.74) is 27.2. The molecule has 19 aromatic carbocycles. The molecular formula is C106H72N4. The Balaban J connectivity index is 0.000000161. The molecule has 0 fully saturated rings. The maximum Gasteiger partial charge on any atom is 0.0541 e. The first kappa shape index (κ1) is 65.0. The van der Waals surface area contributed by atoms with Gasteiger partial charge in [0, 0.05) is 61.4 Å². The first-order chi connectivity index (χ1) is 54.6. The molecule has 0 unspecified atom stereocenters. The number of nitrogens with one attached hydrogen (secondary N) is 1. The lowest BCUT2D eigenvalue weighted by molar-refractivity contribution is 1.18. The first-order valence-corrected chi connectivity index (χ1v) is 37.8. The average molecular weight is 1400 g/mol. The third kappa shape index (κ3) is 11.9. The quantitative estimate of drug-likeness (QED) is 0.116. The van der Waals surface area contributed by atoms with E-state index in [4.69, 9.17) is 0 Å². The molecule has 0 atom stereocenters. The minimum absolute atomic E-state index is 1.07. The molecule has 4 heteroatoms. The highest BCUT2D eigenvalue weighted by atomic mass is 15.1. The third-order valence-corrected chi connectivity index (χ3v) is 22.0. The lowest BCUT2D eigenvalue weighted by Gasteiger charge is -2.26. The van der Waals surface area contributed by atoms with E-state index >= 15 is 0 Å². The van der Waals surface area contributed by atoms with E-state index < -0.39 is 0 Å². The van der Waals surface area contributed by atoms with Gasteiger partial charge in [0.25, 0.3) is 0 Å². The van der Waals surface area contributed by atoms with Crippen LogP contribution in [0.1, 0.15) is 0 Å². The van der Waals surface area contributed by atoms with Crippen molar-refractivity contribution in [1.29, 1.82) is 0 Å². The maximum atomic E-state index is 3.57. The summed E-state index contributed by atoms with van der Waals surface area (Å²) < 4.78 is 4.73. The van der Waals surface area contributed by atoms with Gasteiger partial charge < -0.3 is 19.4 Å². The van der Waals surface area contributed by atoms with Crippen molar-refractivity contribution in [2.45, 2.75) is 0 Å². The molecule has 0 bridgehead atoms. The van der Waals surface area contributed by atoms with Crippen LogP contribution in [0.15, 0.2) is 431 Å². The smallest absolute Gasteiger partial charge is 0.0541 e. The van der Waals surface area contributed by atoms with E-state index in [9.17, 15) is 0 Å². The van der Waals surface area contributed by atoms with Crippen LogP contribution in [0.25, 0.3) is 165 Å². The third-order valence-electron chi connectivity index (χ3n) is 22.0. The normalized spacial score (nSPS) is 11.5. The monoisotopic (exact) mass is 1400 g/mol. The molecule has 21 aromatic rings. The summed E-state index contributed by atoms with van der Waals surface area (Å²) in [5, 5.41) is 18.6. The Morgan fingerprint density at radius 2 is 0.473 bits per heavy atom. The Kier molecular flexibility index (Phi) is 16.6. The second-order valence-corrected chi connectivity index (χ2v) is 28.4. The molecule has 4 nitrogen and oxygen atoms in total. The van der Waals surface area contributed by atoms with Gasteiger partial charge in [0.15, 0.2) is 0 Å². The standard InChI is InChI=1S/C66H44N2.C40H28N2/c1-3-17-48(18-4-1)65-58-24-9-11-26-60(58)66(61-27-12-10-25-59(61)65)49-34-41-54(42-35-49)67(53-39-32-47(33-40-53)56-28-15-19-46-16-7-8-22-55(46)56)52-37-30-45(31-38-52)50-36-43-64-62(44-50)57-23-13-14-29-63(57)68(64)51-20-5-2-6-21-51;1-2-11-34(12-3-1)42-39-16-7-6-14-37(39)38-27-31(21-26-40(38)42)28-17-22-32(23-18-28)41-33-24-19-30(20-25-33)36-15-8-10-29-9-4-5-13-35(29)36/h1-44H;1-27,41H. The summed E-state index contributed by atoms with van der Waals surface area (Å²) in [7, 11) is 0. The minimum atomic E-state index is 1.07. The predicted molar refractivity (Wildman–Crippen MR) is 469 cm³/mol. The number of fused-ring (bicyclic) bond motifs is 10. The zero-order chi connectivity index (χ0) is 72.9. The number of hydrogen-bond acceptors (Lipinski definition) is 2. The Bertz CT molecular complexity index is 6920. The number of nitrogens with zero attached hydrogens (tertiary/aromatic N) is 3. The predicted octanol–water partition coefficient (Wildman–Crippen LogP) is 29.4. The van der Waals surface area contributed by atoms with Gasteiger partial charge in [-0.25, -0.2) is 0 Å². The second kappa shape index (κ2) is 28.0. The highest BCUT2D eigenvalue weighted by Gasteiger charge is 2.21. The van der Waals surface area contributed by atoms with E-state index in [1.807, 2.05) is 0 Å². The van der Waals surface area contributed by atoms with E-state index in [1.165, 1.54) is 159 Å². The Labute approximate surface area is 639 Å². The Morgan fingerprint density at radius 3 is 0.891 bits per heavy atom. The fourth-order valence-electron chi connectivity index (χ4n) is 16.8. The van der Waals surface area contributed by atoms with Crippen molar-refractivity contribution in [2.24, 2.45) is 0 Å². The molecule has 2 heterocycles. The van der Waals surface area contributed by atoms with Crippen molar-refractivity contribution in [3.63, 3.8) is 0 Å². The molecule has 516 valence electrons. The van der Waals surface area contributed by atoms with Crippen molar-refractivity contribution in [1.82, 2.24) is 9.13 Å². The molecule has 0 radical (unpaired) electrons. The minimum Gasteiger partial charge on any atom is -0.356 e. The maximum absolute atomic E-state index is 3.57. The van der Waals surface area contributed by atoms with Gasteiger partial charge >= 0.3 is 0 Å². The first-order valence-electron chi connectivity index (χ1n) is 37.8. The van der Waals surface area contributed by atoms with Gasteiger partial charge in [-0.1, -0.05) is 309 Å². The number of hydrogen-bond donors (Lipinski definition) is 1. The van der Waals surface area contributed by atoms with Crippen LogP contribution in [-0.4, -0.2) is 9.13 Å². The summed E-state index contributed by atoms with van der Waals surface area (Å²) in [6.45, 7) is 0. The molecule has 0 aliphatic heterocycles. The fraction of sp³-hybridized carbons (Fsp3) is 0. The summed E-state index contributed by atoms with van der Waals surface area (Å²) in [6, 6.07) is 156. The van der Waals surface area contributed by atoms with Crippen LogP contribution in [0.2, 0.25) is 0 Å². The zero-order valence-corrected chi connectivity index (χ0v) is 60.3. The van der Waals surface area contributed by atoms with Crippen LogP contribution in [0.4, 0.5) is 28.4 Å². The van der Waals surface area contributed by atoms with Gasteiger partial charge in [0.1, 0.15) is 0 Å². The Hall–Kier alpha value is -14.6. The number of aromatic nitrogens is 2. The number of para-hydroxylation sites is 4. The molecule has 0 saturated heterocycles. The second-order valence-electron chi connectivity index (χ2n) is 28.4. The summed E-state index contributed by atoms with van der Waals surface area (Å²) in [6.07, 6.45) is 0. The molecule has 0 saturated carbocycles. The molecule has 1 N–H and O–H groups in total. The van der Waals surface area contributed by atoms with Crippen LogP contribution in [0.3, 0.4) is 0 Å². The van der Waals surface area contributed by atoms with E-state index in [-0.39, 0.29) is 0 Å². The molecule has 110 heavy (non-hydrogen) atoms. The molecular weight excluding hydrogens is 1330 g/mol. The van der Waals surface area contributed by atoms with E-state index in [2.05, 4.69) is 450 Å². The van der Waals surface area contributed by atoms with Crippen molar-refractivity contribution < 1.29 is 0 Å². The molecule has 2 aromatic heterocycles. The molecule has 0 amide bonds. The summed E-state index contributed by atoms with van der Waals surface area (Å²) >= 11 is 0. The van der Waals surface area contributed by atoms with Gasteiger partial charge in [0.2, 0.25) is 0 Å². The van der Waals surface area contributed by atoms with Gasteiger partial charge in [-0.05, 0) is 231 Å². The highest BCUT2D eigenvalue weighted by Crippen LogP contribution is 2.47. The summed E-state index contributed by atoms with van der Waals surface area (Å²) in [4.78, 5) is 2.38. The average Bonchev–Trinajstić information content (AvgIpc) is 1.21. The van der Waals surface area contributed by atoms with E-state index in [1.54, 1.807) is 0 Å². The zero-order valence-electron chi connectivity index (χ0n) is 60.3. The lowest BCUT2D eigenvalue weighted by atomic mass is 9.86. The molecule has 0 spiro atoms. The highest BCUT2D eigenvalue weighted by molar-refractivity contribution is 6.22. The van der Waals surface area contributed by atoms with Gasteiger partial charge in [-0.3, -0.25) is 0 Å². The van der Waals surface area contributed by atoms with Crippen LogP contribution in [-0.2, 0) is 0 Å². The SMILES string of the molecule is c1ccc(-c2c3ccccc3c(-c3ccc(N(c4ccc(-c5ccc6c(c5)c5ccccc5n6-c5ccccc5)cc4)c4ccc(-c5cccc6ccccc56)cc4)cc3)c3ccccc23)cc1.c1ccc(-n2c3ccccc3c3cc(-c4ccc(Nc5ccc(-c6cccc7ccccc67)cc5)cc4)ccc32)cc1. The fourth-order valence-corrected chi connectivity index (χ4v) is 16.8. The van der Waals surface area contributed by atoms with Crippen LogP contribution < -0.4 is 10.2 Å². The van der Waals surface area contributed by atoms with Crippen molar-refractivity contribution in [2.75, 3.05) is 10.2 Å². The number of rotatable bonds is 13. The van der Waals surface area contributed by atoms with E-state index in [0.29, 0.717) is 0 Å². The van der Waals surface area contributed by atoms with Crippen LogP contribution in [0.5, 0.6) is 0 Å². The van der Waals surface area contributed by atoms with E-state index in [0.717, 1.165) is 34.1 Å². The number of anilines is 5. The molecule has 0 aliphatic carbocycles. The summed E-state index contributed by atoms with van der Waals surface area (Å²) in [5.74, 6) is 0. The van der Waals surface area contributed by atoms with Gasteiger partial charge in [-0.15, -0.1) is 0 Å².